The number of nitrogens with one attached hydrogen (secondary N) is 2. The normalized spacial score (nSPS) is 16.2. The molecule has 38 heavy (non-hydrogen) atoms. The summed E-state index contributed by atoms with van der Waals surface area (Å²) in [6.07, 6.45) is 2.29. The highest BCUT2D eigenvalue weighted by atomic mass is 35.5. The number of rotatable bonds is 8. The number of halogens is 3. The lowest BCUT2D eigenvalue weighted by atomic mass is 9.74. The lowest BCUT2D eigenvalue weighted by Gasteiger charge is -2.42. The standard InChI is InChI=1S/C28H26ClF2N5O2/c29-21-8-4-7-20(24(21)31)25(18-5-2-1-3-6-18)36-15-12-28(13-16-36,27(37)38)17-19-9-10-22(30)26(33-19)34-23-11-14-32-35-23/h1-11,14,25H,12-13,15-17H2,(H,37,38)(H2,32,33,34,35). The molecular formula is C28H26ClF2N5O2. The number of hydrogen-bond acceptors (Lipinski definition) is 5. The van der Waals surface area contributed by atoms with Gasteiger partial charge in [0.1, 0.15) is 11.6 Å². The molecule has 1 aliphatic rings. The van der Waals surface area contributed by atoms with Crippen LogP contribution in [0.1, 0.15) is 35.7 Å². The minimum atomic E-state index is -1.10. The van der Waals surface area contributed by atoms with E-state index in [1.165, 1.54) is 24.4 Å². The Morgan fingerprint density at radius 1 is 1.08 bits per heavy atom. The third-order valence-electron chi connectivity index (χ3n) is 7.14. The summed E-state index contributed by atoms with van der Waals surface area (Å²) in [5, 5.41) is 19.7. The molecule has 7 nitrogen and oxygen atoms in total. The lowest BCUT2D eigenvalue weighted by molar-refractivity contribution is -0.152. The van der Waals surface area contributed by atoms with Gasteiger partial charge in [-0.05, 0) is 36.6 Å². The molecule has 2 aromatic carbocycles. The van der Waals surface area contributed by atoms with Crippen LogP contribution in [0.25, 0.3) is 0 Å². The number of hydrogen-bond donors (Lipinski definition) is 3. The van der Waals surface area contributed by atoms with Crippen LogP contribution in [0.4, 0.5) is 20.4 Å². The summed E-state index contributed by atoms with van der Waals surface area (Å²) >= 11 is 6.11. The maximum atomic E-state index is 15.2. The van der Waals surface area contributed by atoms with Crippen molar-refractivity contribution in [2.75, 3.05) is 18.4 Å². The van der Waals surface area contributed by atoms with Crippen molar-refractivity contribution in [3.8, 4) is 0 Å². The SMILES string of the molecule is O=C(O)C1(Cc2ccc(F)c(Nc3ccn[nH]3)n2)CCN(C(c2ccccc2)c2cccc(Cl)c2F)CC1. The molecule has 0 amide bonds. The van der Waals surface area contributed by atoms with E-state index in [9.17, 15) is 14.3 Å². The molecule has 1 atom stereocenters. The molecule has 5 rings (SSSR count). The predicted octanol–water partition coefficient (Wildman–Crippen LogP) is 5.98. The number of aliphatic carboxylic acids is 1. The molecule has 0 spiro atoms. The maximum Gasteiger partial charge on any atom is 0.310 e. The van der Waals surface area contributed by atoms with Crippen LogP contribution in [0, 0.1) is 17.0 Å². The van der Waals surface area contributed by atoms with Gasteiger partial charge in [0.25, 0.3) is 0 Å². The van der Waals surface area contributed by atoms with Gasteiger partial charge in [-0.2, -0.15) is 5.10 Å². The zero-order chi connectivity index (χ0) is 26.7. The number of nitrogens with zero attached hydrogens (tertiary/aromatic N) is 3. The van der Waals surface area contributed by atoms with Gasteiger partial charge in [0.15, 0.2) is 11.6 Å². The molecular weight excluding hydrogens is 512 g/mol. The van der Waals surface area contributed by atoms with E-state index in [2.05, 4.69) is 25.4 Å². The van der Waals surface area contributed by atoms with Gasteiger partial charge < -0.3 is 10.4 Å². The molecule has 1 unspecified atom stereocenters. The Hall–Kier alpha value is -3.82. The number of anilines is 2. The number of carbonyl (C=O) groups is 1. The molecule has 1 aliphatic heterocycles. The average molecular weight is 538 g/mol. The fourth-order valence-corrected chi connectivity index (χ4v) is 5.28. The van der Waals surface area contributed by atoms with Crippen molar-refractivity contribution in [1.82, 2.24) is 20.1 Å². The van der Waals surface area contributed by atoms with Gasteiger partial charge in [-0.15, -0.1) is 0 Å². The monoisotopic (exact) mass is 537 g/mol. The van der Waals surface area contributed by atoms with E-state index < -0.39 is 29.1 Å². The summed E-state index contributed by atoms with van der Waals surface area (Å²) in [6, 6.07) is 18.5. The molecule has 196 valence electrons. The topological polar surface area (TPSA) is 94.1 Å². The van der Waals surface area contributed by atoms with E-state index in [1.807, 2.05) is 30.3 Å². The number of benzene rings is 2. The molecule has 3 N–H and O–H groups in total. The van der Waals surface area contributed by atoms with Crippen molar-refractivity contribution in [2.24, 2.45) is 5.41 Å². The third-order valence-corrected chi connectivity index (χ3v) is 7.43. The number of carboxylic acids is 1. The first-order valence-electron chi connectivity index (χ1n) is 12.2. The predicted molar refractivity (Wildman–Crippen MR) is 140 cm³/mol. The molecule has 1 fully saturated rings. The van der Waals surface area contributed by atoms with Gasteiger partial charge in [0, 0.05) is 36.8 Å². The van der Waals surface area contributed by atoms with E-state index in [0.717, 1.165) is 5.56 Å². The van der Waals surface area contributed by atoms with Crippen LogP contribution < -0.4 is 5.32 Å². The van der Waals surface area contributed by atoms with Crippen LogP contribution in [0.2, 0.25) is 5.02 Å². The smallest absolute Gasteiger partial charge is 0.310 e. The number of likely N-dealkylation sites (tertiary alicyclic amines) is 1. The van der Waals surface area contributed by atoms with Gasteiger partial charge >= 0.3 is 5.97 Å². The average Bonchev–Trinajstić information content (AvgIpc) is 3.43. The molecule has 10 heteroatoms. The molecule has 0 radical (unpaired) electrons. The fourth-order valence-electron chi connectivity index (χ4n) is 5.10. The number of carboxylic acid groups (broad SMARTS) is 1. The molecule has 1 saturated heterocycles. The Balaban J connectivity index is 1.39. The number of pyridine rings is 1. The highest BCUT2D eigenvalue weighted by molar-refractivity contribution is 6.30. The van der Waals surface area contributed by atoms with E-state index in [-0.39, 0.29) is 17.3 Å². The van der Waals surface area contributed by atoms with Crippen LogP contribution in [-0.2, 0) is 11.2 Å². The Morgan fingerprint density at radius 2 is 1.84 bits per heavy atom. The summed E-state index contributed by atoms with van der Waals surface area (Å²) in [5.41, 5.74) is 0.706. The Labute approximate surface area is 223 Å². The van der Waals surface area contributed by atoms with E-state index in [0.29, 0.717) is 43.0 Å². The quantitative estimate of drug-likeness (QED) is 0.256. The van der Waals surface area contributed by atoms with Crippen LogP contribution in [0.5, 0.6) is 0 Å². The fraction of sp³-hybridized carbons (Fsp3) is 0.250. The zero-order valence-electron chi connectivity index (χ0n) is 20.4. The molecule has 3 heterocycles. The molecule has 0 aliphatic carbocycles. The summed E-state index contributed by atoms with van der Waals surface area (Å²) in [5.74, 6) is -1.51. The van der Waals surface area contributed by atoms with Crippen molar-refractivity contribution in [3.63, 3.8) is 0 Å². The molecule has 0 saturated carbocycles. The van der Waals surface area contributed by atoms with E-state index in [1.54, 1.807) is 18.2 Å². The summed E-state index contributed by atoms with van der Waals surface area (Å²) in [7, 11) is 0. The lowest BCUT2D eigenvalue weighted by Crippen LogP contribution is -2.47. The Kier molecular flexibility index (Phi) is 7.40. The van der Waals surface area contributed by atoms with Gasteiger partial charge in [-0.25, -0.2) is 13.8 Å². The van der Waals surface area contributed by atoms with Crippen LogP contribution in [0.15, 0.2) is 72.9 Å². The van der Waals surface area contributed by atoms with Crippen LogP contribution >= 0.6 is 11.6 Å². The van der Waals surface area contributed by atoms with E-state index >= 15 is 4.39 Å². The highest BCUT2D eigenvalue weighted by Crippen LogP contribution is 2.41. The molecule has 4 aromatic rings. The third kappa shape index (κ3) is 5.25. The Bertz CT molecular complexity index is 1410. The van der Waals surface area contributed by atoms with Crippen molar-refractivity contribution in [1.29, 1.82) is 0 Å². The second kappa shape index (κ2) is 10.9. The first-order valence-corrected chi connectivity index (χ1v) is 12.6. The van der Waals surface area contributed by atoms with Crippen molar-refractivity contribution >= 4 is 29.2 Å². The van der Waals surface area contributed by atoms with Gasteiger partial charge in [-0.3, -0.25) is 14.8 Å². The second-order valence-electron chi connectivity index (χ2n) is 9.48. The number of aromatic nitrogens is 3. The second-order valence-corrected chi connectivity index (χ2v) is 9.89. The largest absolute Gasteiger partial charge is 0.481 e. The summed E-state index contributed by atoms with van der Waals surface area (Å²) < 4.78 is 29.6. The number of aromatic amines is 1. The van der Waals surface area contributed by atoms with Crippen LogP contribution in [0.3, 0.4) is 0 Å². The van der Waals surface area contributed by atoms with Gasteiger partial charge in [0.05, 0.1) is 22.7 Å². The highest BCUT2D eigenvalue weighted by Gasteiger charge is 2.44. The number of piperidine rings is 1. The van der Waals surface area contributed by atoms with Crippen molar-refractivity contribution in [2.45, 2.75) is 25.3 Å². The maximum absolute atomic E-state index is 15.2. The van der Waals surface area contributed by atoms with Gasteiger partial charge in [-0.1, -0.05) is 54.1 Å². The molecule has 0 bridgehead atoms. The minimum absolute atomic E-state index is 0.00898. The van der Waals surface area contributed by atoms with Crippen molar-refractivity contribution in [3.05, 3.63) is 106 Å². The first-order chi connectivity index (χ1) is 18.4. The van der Waals surface area contributed by atoms with Crippen molar-refractivity contribution < 1.29 is 18.7 Å². The van der Waals surface area contributed by atoms with Crippen LogP contribution in [-0.4, -0.2) is 44.2 Å². The Morgan fingerprint density at radius 3 is 2.53 bits per heavy atom. The molecule has 2 aromatic heterocycles. The van der Waals surface area contributed by atoms with Gasteiger partial charge in [0.2, 0.25) is 0 Å². The first kappa shape index (κ1) is 25.8. The van der Waals surface area contributed by atoms with E-state index in [4.69, 9.17) is 11.6 Å². The zero-order valence-corrected chi connectivity index (χ0v) is 21.1. The number of H-pyrrole nitrogens is 1. The summed E-state index contributed by atoms with van der Waals surface area (Å²) in [6.45, 7) is 0.830. The summed E-state index contributed by atoms with van der Waals surface area (Å²) in [4.78, 5) is 19.0. The minimum Gasteiger partial charge on any atom is -0.481 e.